The number of aliphatic carboxylic acids is 1. The standard InChI is InChI=1S/C30H38N6O6/c1-3-17(2)26(29(40)35-24(30(41)42)15-25(32)37)36-28(39)23(13-18-9-5-4-6-10-18)34-27(38)21(31)14-19-16-33-22-12-8-7-11-20(19)22/h4-12,16-17,21,23-24,26,33H,3,13-15,31H2,1-2H3,(H2,32,37)(H,34,38)(H,35,40)(H,36,39)(H,41,42). The first kappa shape index (κ1) is 31.8. The number of carboxylic acid groups (broad SMARTS) is 1. The van der Waals surface area contributed by atoms with Gasteiger partial charge in [-0.1, -0.05) is 68.8 Å². The predicted molar refractivity (Wildman–Crippen MR) is 157 cm³/mol. The molecule has 1 heterocycles. The molecule has 0 aliphatic rings. The number of hydrogen-bond donors (Lipinski definition) is 7. The molecule has 0 aliphatic carbocycles. The Balaban J connectivity index is 1.78. The number of aromatic amines is 1. The van der Waals surface area contributed by atoms with Crippen LogP contribution in [0, 0.1) is 5.92 Å². The number of primary amides is 1. The van der Waals surface area contributed by atoms with Gasteiger partial charge in [-0.2, -0.15) is 0 Å². The molecule has 0 saturated carbocycles. The van der Waals surface area contributed by atoms with Crippen molar-refractivity contribution >= 4 is 40.5 Å². The summed E-state index contributed by atoms with van der Waals surface area (Å²) in [6.07, 6.45) is 2.00. The van der Waals surface area contributed by atoms with Gasteiger partial charge in [0, 0.05) is 23.5 Å². The highest BCUT2D eigenvalue weighted by Crippen LogP contribution is 2.19. The molecule has 4 amide bonds. The monoisotopic (exact) mass is 578 g/mol. The van der Waals surface area contributed by atoms with Gasteiger partial charge in [0.1, 0.15) is 18.1 Å². The fourth-order valence-electron chi connectivity index (χ4n) is 4.59. The maximum Gasteiger partial charge on any atom is 0.326 e. The van der Waals surface area contributed by atoms with E-state index in [-0.39, 0.29) is 12.8 Å². The highest BCUT2D eigenvalue weighted by Gasteiger charge is 2.33. The normalized spacial score (nSPS) is 14.6. The van der Waals surface area contributed by atoms with E-state index in [2.05, 4.69) is 20.9 Å². The highest BCUT2D eigenvalue weighted by molar-refractivity contribution is 5.95. The zero-order chi connectivity index (χ0) is 30.8. The van der Waals surface area contributed by atoms with Gasteiger partial charge >= 0.3 is 5.97 Å². The lowest BCUT2D eigenvalue weighted by Crippen LogP contribution is -2.59. The minimum absolute atomic E-state index is 0.118. The predicted octanol–water partition coefficient (Wildman–Crippen LogP) is 0.741. The van der Waals surface area contributed by atoms with Crippen LogP contribution in [0.4, 0.5) is 0 Å². The lowest BCUT2D eigenvalue weighted by Gasteiger charge is -2.28. The summed E-state index contributed by atoms with van der Waals surface area (Å²) < 4.78 is 0. The van der Waals surface area contributed by atoms with E-state index in [0.29, 0.717) is 6.42 Å². The molecule has 0 spiro atoms. The first-order valence-corrected chi connectivity index (χ1v) is 13.8. The van der Waals surface area contributed by atoms with Crippen LogP contribution in [0.25, 0.3) is 10.9 Å². The van der Waals surface area contributed by atoms with Gasteiger partial charge in [-0.3, -0.25) is 19.2 Å². The molecule has 12 nitrogen and oxygen atoms in total. The molecule has 0 bridgehead atoms. The van der Waals surface area contributed by atoms with Crippen molar-refractivity contribution in [3.05, 3.63) is 71.9 Å². The zero-order valence-electron chi connectivity index (χ0n) is 23.6. The molecule has 42 heavy (non-hydrogen) atoms. The van der Waals surface area contributed by atoms with Crippen LogP contribution < -0.4 is 27.4 Å². The minimum Gasteiger partial charge on any atom is -0.480 e. The van der Waals surface area contributed by atoms with Crippen molar-refractivity contribution in [2.45, 2.75) is 63.7 Å². The van der Waals surface area contributed by atoms with E-state index in [0.717, 1.165) is 22.0 Å². The Labute approximate surface area is 243 Å². The summed E-state index contributed by atoms with van der Waals surface area (Å²) in [5.41, 5.74) is 13.9. The van der Waals surface area contributed by atoms with Gasteiger partial charge < -0.3 is 37.5 Å². The Hall–Kier alpha value is -4.71. The molecule has 3 rings (SSSR count). The summed E-state index contributed by atoms with van der Waals surface area (Å²) in [4.78, 5) is 66.0. The number of fused-ring (bicyclic) bond motifs is 1. The number of para-hydroxylation sites is 1. The van der Waals surface area contributed by atoms with E-state index in [4.69, 9.17) is 11.5 Å². The first-order chi connectivity index (χ1) is 20.0. The van der Waals surface area contributed by atoms with Crippen LogP contribution >= 0.6 is 0 Å². The van der Waals surface area contributed by atoms with Crippen LogP contribution in [0.1, 0.15) is 37.8 Å². The van der Waals surface area contributed by atoms with Crippen molar-refractivity contribution in [1.82, 2.24) is 20.9 Å². The lowest BCUT2D eigenvalue weighted by atomic mass is 9.96. The average Bonchev–Trinajstić information content (AvgIpc) is 3.37. The van der Waals surface area contributed by atoms with E-state index in [1.54, 1.807) is 37.4 Å². The summed E-state index contributed by atoms with van der Waals surface area (Å²) in [6.45, 7) is 3.53. The maximum absolute atomic E-state index is 13.6. The topological polar surface area (TPSA) is 209 Å². The van der Waals surface area contributed by atoms with Gasteiger partial charge in [-0.25, -0.2) is 4.79 Å². The summed E-state index contributed by atoms with van der Waals surface area (Å²) in [5, 5.41) is 18.1. The number of nitrogens with two attached hydrogens (primary N) is 2. The highest BCUT2D eigenvalue weighted by atomic mass is 16.4. The molecule has 0 aliphatic heterocycles. The molecule has 0 radical (unpaired) electrons. The Morgan fingerprint density at radius 3 is 2.14 bits per heavy atom. The Kier molecular flexibility index (Phi) is 11.2. The third kappa shape index (κ3) is 8.64. The van der Waals surface area contributed by atoms with Crippen molar-refractivity contribution < 1.29 is 29.1 Å². The van der Waals surface area contributed by atoms with Crippen LogP contribution in [0.5, 0.6) is 0 Å². The van der Waals surface area contributed by atoms with E-state index in [9.17, 15) is 29.1 Å². The quantitative estimate of drug-likeness (QED) is 0.137. The fraction of sp³-hybridized carbons (Fsp3) is 0.367. The number of H-pyrrole nitrogens is 1. The van der Waals surface area contributed by atoms with E-state index < -0.39 is 66.1 Å². The SMILES string of the molecule is CCC(C)C(NC(=O)C(Cc1ccccc1)NC(=O)C(N)Cc1c[nH]c2ccccc12)C(=O)NC(CC(N)=O)C(=O)O. The van der Waals surface area contributed by atoms with Gasteiger partial charge in [-0.05, 0) is 29.5 Å². The number of carbonyl (C=O) groups excluding carboxylic acids is 4. The molecule has 0 fully saturated rings. The number of nitrogens with one attached hydrogen (secondary N) is 4. The molecule has 0 saturated heterocycles. The van der Waals surface area contributed by atoms with E-state index >= 15 is 0 Å². The zero-order valence-corrected chi connectivity index (χ0v) is 23.6. The van der Waals surface area contributed by atoms with E-state index in [1.807, 2.05) is 37.3 Å². The summed E-state index contributed by atoms with van der Waals surface area (Å²) in [5.74, 6) is -4.72. The van der Waals surface area contributed by atoms with Gasteiger partial charge in [0.2, 0.25) is 23.6 Å². The second kappa shape index (κ2) is 14.8. The number of carbonyl (C=O) groups is 5. The first-order valence-electron chi connectivity index (χ1n) is 13.8. The summed E-state index contributed by atoms with van der Waals surface area (Å²) in [6, 6.07) is 11.9. The summed E-state index contributed by atoms with van der Waals surface area (Å²) in [7, 11) is 0. The van der Waals surface area contributed by atoms with Gasteiger partial charge in [-0.15, -0.1) is 0 Å². The smallest absolute Gasteiger partial charge is 0.326 e. The molecule has 5 atom stereocenters. The van der Waals surface area contributed by atoms with Crippen LogP contribution in [-0.2, 0) is 36.8 Å². The molecule has 2 aromatic carbocycles. The minimum atomic E-state index is -1.55. The molecular weight excluding hydrogens is 540 g/mol. The maximum atomic E-state index is 13.6. The van der Waals surface area contributed by atoms with Gasteiger partial charge in [0.15, 0.2) is 0 Å². The van der Waals surface area contributed by atoms with Gasteiger partial charge in [0.05, 0.1) is 12.5 Å². The number of aromatic nitrogens is 1. The number of carboxylic acids is 1. The molecule has 12 heteroatoms. The molecule has 1 aromatic heterocycles. The summed E-state index contributed by atoms with van der Waals surface area (Å²) >= 11 is 0. The number of amides is 4. The molecule has 3 aromatic rings. The number of rotatable bonds is 15. The second-order valence-electron chi connectivity index (χ2n) is 10.4. The van der Waals surface area contributed by atoms with E-state index in [1.165, 1.54) is 0 Å². The van der Waals surface area contributed by atoms with Crippen LogP contribution in [-0.4, -0.2) is 63.9 Å². The van der Waals surface area contributed by atoms with Crippen molar-refractivity contribution in [3.8, 4) is 0 Å². The van der Waals surface area contributed by atoms with Crippen LogP contribution in [0.15, 0.2) is 60.8 Å². The molecule has 5 unspecified atom stereocenters. The van der Waals surface area contributed by atoms with Crippen molar-refractivity contribution in [3.63, 3.8) is 0 Å². The Bertz CT molecular complexity index is 1410. The molecule has 9 N–H and O–H groups in total. The molecule has 224 valence electrons. The molecular formula is C30H38N6O6. The van der Waals surface area contributed by atoms with Crippen LogP contribution in [0.3, 0.4) is 0 Å². The number of benzene rings is 2. The van der Waals surface area contributed by atoms with Crippen molar-refractivity contribution in [2.24, 2.45) is 17.4 Å². The Morgan fingerprint density at radius 2 is 1.50 bits per heavy atom. The van der Waals surface area contributed by atoms with Crippen molar-refractivity contribution in [1.29, 1.82) is 0 Å². The Morgan fingerprint density at radius 1 is 0.857 bits per heavy atom. The fourth-order valence-corrected chi connectivity index (χ4v) is 4.59. The largest absolute Gasteiger partial charge is 0.480 e. The van der Waals surface area contributed by atoms with Crippen molar-refractivity contribution in [2.75, 3.05) is 0 Å². The van der Waals surface area contributed by atoms with Gasteiger partial charge in [0.25, 0.3) is 0 Å². The third-order valence-corrected chi connectivity index (χ3v) is 7.18. The average molecular weight is 579 g/mol. The second-order valence-corrected chi connectivity index (χ2v) is 10.4. The third-order valence-electron chi connectivity index (χ3n) is 7.18. The lowest BCUT2D eigenvalue weighted by molar-refractivity contribution is -0.144. The van der Waals surface area contributed by atoms with Crippen LogP contribution in [0.2, 0.25) is 0 Å². The number of hydrogen-bond acceptors (Lipinski definition) is 6.